The topological polar surface area (TPSA) is 112 Å². The third-order valence-electron chi connectivity index (χ3n) is 10.1. The standard InChI is InChI=1S/C26H36O6/c1-15(27)26(11-5-4-6-21(29)30)13-10-18-17-8-7-16-14-20(28)22(31)23(32)25(16,3)19(17)9-12-24(18,26)2/h14,17-19,28,31H,4-13H2,1-3H3,(H,29,30)/t17-,18-,19-,24-,25-,26+/m0/s1. The summed E-state index contributed by atoms with van der Waals surface area (Å²) in [7, 11) is 0. The second-order valence-electron chi connectivity index (χ2n) is 11.1. The van der Waals surface area contributed by atoms with Crippen LogP contribution in [0.4, 0.5) is 0 Å². The van der Waals surface area contributed by atoms with E-state index in [1.165, 1.54) is 0 Å². The van der Waals surface area contributed by atoms with Gasteiger partial charge in [-0.15, -0.1) is 0 Å². The maximum Gasteiger partial charge on any atom is 0.303 e. The van der Waals surface area contributed by atoms with Crippen molar-refractivity contribution >= 4 is 17.5 Å². The second-order valence-corrected chi connectivity index (χ2v) is 11.1. The number of Topliss-reactive ketones (excluding diaryl/α,β-unsaturated/α-hetero) is 2. The lowest BCUT2D eigenvalue weighted by Crippen LogP contribution is -2.56. The number of aliphatic carboxylic acids is 1. The van der Waals surface area contributed by atoms with Crippen molar-refractivity contribution in [3.63, 3.8) is 0 Å². The average molecular weight is 445 g/mol. The van der Waals surface area contributed by atoms with Gasteiger partial charge >= 0.3 is 5.97 Å². The van der Waals surface area contributed by atoms with Crippen LogP contribution in [0.15, 0.2) is 23.2 Å². The van der Waals surface area contributed by atoms with Gasteiger partial charge in [-0.05, 0) is 94.5 Å². The minimum absolute atomic E-state index is 0.0955. The number of fused-ring (bicyclic) bond motifs is 5. The molecule has 0 aromatic carbocycles. The Morgan fingerprint density at radius 1 is 1.06 bits per heavy atom. The Kier molecular flexibility index (Phi) is 5.58. The third-order valence-corrected chi connectivity index (χ3v) is 10.1. The number of ketones is 2. The van der Waals surface area contributed by atoms with Crippen molar-refractivity contribution in [1.82, 2.24) is 0 Å². The molecule has 32 heavy (non-hydrogen) atoms. The molecular weight excluding hydrogens is 408 g/mol. The predicted octanol–water partition coefficient (Wildman–Crippen LogP) is 5.29. The highest BCUT2D eigenvalue weighted by Crippen LogP contribution is 2.70. The number of unbranched alkanes of at least 4 members (excludes halogenated alkanes) is 1. The summed E-state index contributed by atoms with van der Waals surface area (Å²) in [5.41, 5.74) is -0.441. The molecule has 3 N–H and O–H groups in total. The Morgan fingerprint density at radius 2 is 1.75 bits per heavy atom. The molecule has 0 amide bonds. The van der Waals surface area contributed by atoms with Crippen LogP contribution in [0.5, 0.6) is 0 Å². The van der Waals surface area contributed by atoms with Crippen molar-refractivity contribution in [2.75, 3.05) is 0 Å². The van der Waals surface area contributed by atoms with Crippen LogP contribution in [0.2, 0.25) is 0 Å². The maximum absolute atomic E-state index is 13.2. The Labute approximate surface area is 189 Å². The van der Waals surface area contributed by atoms with E-state index in [0.717, 1.165) is 56.9 Å². The summed E-state index contributed by atoms with van der Waals surface area (Å²) in [4.78, 5) is 37.2. The van der Waals surface area contributed by atoms with Crippen molar-refractivity contribution in [3.05, 3.63) is 23.2 Å². The van der Waals surface area contributed by atoms with E-state index in [1.54, 1.807) is 13.0 Å². The van der Waals surface area contributed by atoms with Gasteiger partial charge in [0.2, 0.25) is 11.5 Å². The maximum atomic E-state index is 13.2. The molecule has 3 fully saturated rings. The van der Waals surface area contributed by atoms with Gasteiger partial charge in [0, 0.05) is 11.8 Å². The van der Waals surface area contributed by atoms with Crippen LogP contribution in [0.3, 0.4) is 0 Å². The quantitative estimate of drug-likeness (QED) is 0.480. The fraction of sp³-hybridized carbons (Fsp3) is 0.731. The molecule has 4 aliphatic rings. The third kappa shape index (κ3) is 3.01. The summed E-state index contributed by atoms with van der Waals surface area (Å²) >= 11 is 0. The fourth-order valence-corrected chi connectivity index (χ4v) is 8.36. The van der Waals surface area contributed by atoms with Crippen molar-refractivity contribution < 1.29 is 29.7 Å². The Balaban J connectivity index is 1.63. The average Bonchev–Trinajstić information content (AvgIpc) is 3.04. The van der Waals surface area contributed by atoms with Gasteiger partial charge in [0.15, 0.2) is 5.76 Å². The lowest BCUT2D eigenvalue weighted by atomic mass is 9.44. The molecule has 6 nitrogen and oxygen atoms in total. The zero-order chi connectivity index (χ0) is 23.5. The summed E-state index contributed by atoms with van der Waals surface area (Å²) in [6.07, 6.45) is 8.90. The lowest BCUT2D eigenvalue weighted by Gasteiger charge is -2.59. The van der Waals surface area contributed by atoms with Crippen LogP contribution in [0.1, 0.15) is 85.0 Å². The summed E-state index contributed by atoms with van der Waals surface area (Å²) in [5.74, 6) is -1.05. The van der Waals surface area contributed by atoms with Crippen LogP contribution in [0, 0.1) is 34.0 Å². The first kappa shape index (κ1) is 23.1. The largest absolute Gasteiger partial charge is 0.504 e. The van der Waals surface area contributed by atoms with Gasteiger partial charge in [-0.1, -0.05) is 18.9 Å². The molecule has 0 aromatic rings. The molecule has 0 spiro atoms. The summed E-state index contributed by atoms with van der Waals surface area (Å²) in [5, 5.41) is 29.2. The van der Waals surface area contributed by atoms with Crippen LogP contribution in [-0.4, -0.2) is 32.9 Å². The predicted molar refractivity (Wildman–Crippen MR) is 119 cm³/mol. The van der Waals surface area contributed by atoms with Crippen molar-refractivity contribution in [2.24, 2.45) is 34.0 Å². The lowest BCUT2D eigenvalue weighted by molar-refractivity contribution is -0.147. The van der Waals surface area contributed by atoms with E-state index in [9.17, 15) is 24.6 Å². The molecule has 4 rings (SSSR count). The monoisotopic (exact) mass is 444 g/mol. The Morgan fingerprint density at radius 3 is 2.41 bits per heavy atom. The van der Waals surface area contributed by atoms with Gasteiger partial charge in [-0.25, -0.2) is 0 Å². The second kappa shape index (κ2) is 7.74. The number of aliphatic hydroxyl groups excluding tert-OH is 2. The number of carbonyl (C=O) groups is 3. The highest BCUT2D eigenvalue weighted by Gasteiger charge is 2.66. The molecular formula is C26H36O6. The normalized spacial score (nSPS) is 40.9. The first-order chi connectivity index (χ1) is 15.0. The Hall–Kier alpha value is -2.11. The van der Waals surface area contributed by atoms with Crippen molar-refractivity contribution in [1.29, 1.82) is 0 Å². The minimum atomic E-state index is -0.794. The SMILES string of the molecule is CC(=O)[C@@]1(CCCCC(=O)O)CC[C@H]2[C@@H]3CCC4=CC(O)=C(O)C(=O)[C@]4(C)[C@H]3CC[C@@]21C. The zero-order valence-electron chi connectivity index (χ0n) is 19.4. The Bertz CT molecular complexity index is 915. The minimum Gasteiger partial charge on any atom is -0.504 e. The van der Waals surface area contributed by atoms with E-state index in [-0.39, 0.29) is 35.1 Å². The van der Waals surface area contributed by atoms with Gasteiger partial charge < -0.3 is 15.3 Å². The molecule has 0 saturated heterocycles. The molecule has 0 aliphatic heterocycles. The number of aliphatic hydroxyl groups is 2. The summed E-state index contributed by atoms with van der Waals surface area (Å²) in [6, 6.07) is 0. The molecule has 176 valence electrons. The smallest absolute Gasteiger partial charge is 0.303 e. The summed E-state index contributed by atoms with van der Waals surface area (Å²) in [6.45, 7) is 5.90. The number of hydrogen-bond acceptors (Lipinski definition) is 5. The van der Waals surface area contributed by atoms with E-state index in [2.05, 4.69) is 6.92 Å². The number of rotatable bonds is 6. The van der Waals surface area contributed by atoms with Crippen molar-refractivity contribution in [3.8, 4) is 0 Å². The molecule has 3 saturated carbocycles. The van der Waals surface area contributed by atoms with E-state index in [1.807, 2.05) is 6.92 Å². The van der Waals surface area contributed by atoms with Crippen LogP contribution >= 0.6 is 0 Å². The van der Waals surface area contributed by atoms with Gasteiger partial charge in [0.05, 0.1) is 5.41 Å². The highest BCUT2D eigenvalue weighted by atomic mass is 16.4. The van der Waals surface area contributed by atoms with Gasteiger partial charge in [-0.3, -0.25) is 14.4 Å². The van der Waals surface area contributed by atoms with Crippen LogP contribution in [-0.2, 0) is 14.4 Å². The summed E-state index contributed by atoms with van der Waals surface area (Å²) < 4.78 is 0. The van der Waals surface area contributed by atoms with Gasteiger partial charge in [-0.2, -0.15) is 0 Å². The molecule has 0 heterocycles. The molecule has 0 aromatic heterocycles. The number of carboxylic acid groups (broad SMARTS) is 1. The molecule has 4 aliphatic carbocycles. The van der Waals surface area contributed by atoms with Gasteiger partial charge in [0.25, 0.3) is 0 Å². The van der Waals surface area contributed by atoms with Gasteiger partial charge in [0.1, 0.15) is 5.78 Å². The first-order valence-electron chi connectivity index (χ1n) is 12.1. The number of carbonyl (C=O) groups excluding carboxylic acids is 2. The van der Waals surface area contributed by atoms with Crippen LogP contribution in [0.25, 0.3) is 0 Å². The number of carboxylic acids is 1. The highest BCUT2D eigenvalue weighted by molar-refractivity contribution is 6.02. The van der Waals surface area contributed by atoms with E-state index >= 15 is 0 Å². The van der Waals surface area contributed by atoms with Crippen LogP contribution < -0.4 is 0 Å². The molecule has 6 atom stereocenters. The molecule has 6 heteroatoms. The first-order valence-corrected chi connectivity index (χ1v) is 12.1. The molecule has 0 radical (unpaired) electrons. The molecule has 0 bridgehead atoms. The number of hydrogen-bond donors (Lipinski definition) is 3. The van der Waals surface area contributed by atoms with E-state index < -0.39 is 22.6 Å². The zero-order valence-corrected chi connectivity index (χ0v) is 19.4. The molecule has 0 unspecified atom stereocenters. The van der Waals surface area contributed by atoms with E-state index in [4.69, 9.17) is 5.11 Å². The van der Waals surface area contributed by atoms with E-state index in [0.29, 0.717) is 18.3 Å². The van der Waals surface area contributed by atoms with Crippen molar-refractivity contribution in [2.45, 2.75) is 85.0 Å². The fourth-order valence-electron chi connectivity index (χ4n) is 8.36. The number of allylic oxidation sites excluding steroid dienone is 3.